The van der Waals surface area contributed by atoms with Crippen LogP contribution in [0.3, 0.4) is 0 Å². The van der Waals surface area contributed by atoms with Crippen LogP contribution in [-0.2, 0) is 23.6 Å². The lowest BCUT2D eigenvalue weighted by Gasteiger charge is -2.17. The summed E-state index contributed by atoms with van der Waals surface area (Å²) < 4.78 is 63.3. The lowest BCUT2D eigenvalue weighted by molar-refractivity contribution is -0.135. The molecule has 5 nitrogen and oxygen atoms in total. The first kappa shape index (κ1) is 18.0. The minimum Gasteiger partial charge on any atom is -0.352 e. The van der Waals surface area contributed by atoms with Crippen molar-refractivity contribution < 1.29 is 21.6 Å². The van der Waals surface area contributed by atoms with Gasteiger partial charge in [0.2, 0.25) is 10.0 Å². The van der Waals surface area contributed by atoms with Crippen molar-refractivity contribution in [1.82, 2.24) is 14.2 Å². The maximum atomic E-state index is 12.2. The summed E-state index contributed by atoms with van der Waals surface area (Å²) in [5.41, 5.74) is 0.750. The Balaban J connectivity index is 2.87. The summed E-state index contributed by atoms with van der Waals surface area (Å²) in [6, 6.07) is 1.47. The SMILES string of the molecule is CCNCc1cc(S(=O)(=O)N(C)CCC(F)(F)F)cn1C. The zero-order chi connectivity index (χ0) is 16.3. The largest absolute Gasteiger partial charge is 0.390 e. The molecule has 122 valence electrons. The number of sulfonamides is 1. The fourth-order valence-electron chi connectivity index (χ4n) is 1.73. The number of rotatable bonds is 7. The molecule has 0 aliphatic heterocycles. The fraction of sp³-hybridized carbons (Fsp3) is 0.667. The Morgan fingerprint density at radius 3 is 2.52 bits per heavy atom. The van der Waals surface area contributed by atoms with Gasteiger partial charge in [-0.2, -0.15) is 13.2 Å². The van der Waals surface area contributed by atoms with E-state index in [1.54, 1.807) is 11.6 Å². The molecule has 0 bridgehead atoms. The summed E-state index contributed by atoms with van der Waals surface area (Å²) in [5.74, 6) is 0. The number of nitrogens with zero attached hydrogens (tertiary/aromatic N) is 2. The van der Waals surface area contributed by atoms with Crippen LogP contribution in [0, 0.1) is 0 Å². The van der Waals surface area contributed by atoms with Gasteiger partial charge in [0, 0.05) is 39.1 Å². The first-order chi connectivity index (χ1) is 9.58. The van der Waals surface area contributed by atoms with Crippen LogP contribution in [0.15, 0.2) is 17.2 Å². The normalized spacial score (nSPS) is 13.1. The van der Waals surface area contributed by atoms with E-state index in [-0.39, 0.29) is 4.90 Å². The van der Waals surface area contributed by atoms with Crippen molar-refractivity contribution in [2.24, 2.45) is 7.05 Å². The highest BCUT2D eigenvalue weighted by Crippen LogP contribution is 2.22. The molecule has 9 heteroatoms. The van der Waals surface area contributed by atoms with Crippen LogP contribution in [0.5, 0.6) is 0 Å². The molecule has 1 aromatic heterocycles. The molecule has 0 amide bonds. The molecule has 21 heavy (non-hydrogen) atoms. The molecular weight excluding hydrogens is 307 g/mol. The van der Waals surface area contributed by atoms with Crippen molar-refractivity contribution in [3.05, 3.63) is 18.0 Å². The first-order valence-corrected chi connectivity index (χ1v) is 7.91. The predicted molar refractivity (Wildman–Crippen MR) is 73.3 cm³/mol. The minimum absolute atomic E-state index is 0.00239. The molecule has 0 spiro atoms. The van der Waals surface area contributed by atoms with Gasteiger partial charge in [-0.15, -0.1) is 0 Å². The van der Waals surface area contributed by atoms with Gasteiger partial charge in [0.25, 0.3) is 0 Å². The number of alkyl halides is 3. The highest BCUT2D eigenvalue weighted by molar-refractivity contribution is 7.89. The van der Waals surface area contributed by atoms with Gasteiger partial charge in [0.05, 0.1) is 6.42 Å². The third-order valence-electron chi connectivity index (χ3n) is 3.06. The fourth-order valence-corrected chi connectivity index (χ4v) is 3.00. The number of halogens is 3. The summed E-state index contributed by atoms with van der Waals surface area (Å²) in [4.78, 5) is 0.00239. The number of hydrogen-bond acceptors (Lipinski definition) is 3. The zero-order valence-corrected chi connectivity index (χ0v) is 13.1. The van der Waals surface area contributed by atoms with Gasteiger partial charge in [-0.05, 0) is 12.6 Å². The Kier molecular flexibility index (Phi) is 5.83. The van der Waals surface area contributed by atoms with Crippen molar-refractivity contribution in [2.75, 3.05) is 20.1 Å². The van der Waals surface area contributed by atoms with Gasteiger partial charge < -0.3 is 9.88 Å². The van der Waals surface area contributed by atoms with Crippen LogP contribution < -0.4 is 5.32 Å². The van der Waals surface area contributed by atoms with Crippen LogP contribution in [-0.4, -0.2) is 43.6 Å². The molecule has 0 aromatic carbocycles. The lowest BCUT2D eigenvalue weighted by Crippen LogP contribution is -2.30. The van der Waals surface area contributed by atoms with Crippen molar-refractivity contribution in [3.8, 4) is 0 Å². The quantitative estimate of drug-likeness (QED) is 0.829. The van der Waals surface area contributed by atoms with E-state index in [1.807, 2.05) is 6.92 Å². The standard InChI is InChI=1S/C12H20F3N3O2S/c1-4-16-8-10-7-11(9-17(10)2)21(19,20)18(3)6-5-12(13,14)15/h7,9,16H,4-6,8H2,1-3H3. The number of aromatic nitrogens is 1. The van der Waals surface area contributed by atoms with E-state index in [9.17, 15) is 21.6 Å². The van der Waals surface area contributed by atoms with Crippen LogP contribution >= 0.6 is 0 Å². The first-order valence-electron chi connectivity index (χ1n) is 6.47. The van der Waals surface area contributed by atoms with Gasteiger partial charge in [-0.1, -0.05) is 6.92 Å². The molecule has 1 aromatic rings. The molecule has 0 aliphatic carbocycles. The second kappa shape index (κ2) is 6.80. The smallest absolute Gasteiger partial charge is 0.352 e. The average Bonchev–Trinajstić information content (AvgIpc) is 2.74. The average molecular weight is 327 g/mol. The summed E-state index contributed by atoms with van der Waals surface area (Å²) in [7, 11) is -1.06. The predicted octanol–water partition coefficient (Wildman–Crippen LogP) is 1.71. The molecule has 1 rings (SSSR count). The molecule has 0 radical (unpaired) electrons. The van der Waals surface area contributed by atoms with Gasteiger partial charge in [-0.25, -0.2) is 12.7 Å². The highest BCUT2D eigenvalue weighted by atomic mass is 32.2. The Bertz CT molecular complexity index is 567. The maximum Gasteiger partial charge on any atom is 0.390 e. The van der Waals surface area contributed by atoms with E-state index in [2.05, 4.69) is 5.32 Å². The zero-order valence-electron chi connectivity index (χ0n) is 12.2. The monoisotopic (exact) mass is 327 g/mol. The third-order valence-corrected chi connectivity index (χ3v) is 4.88. The van der Waals surface area contributed by atoms with Gasteiger partial charge in [0.1, 0.15) is 4.90 Å². The van der Waals surface area contributed by atoms with Crippen molar-refractivity contribution >= 4 is 10.0 Å². The highest BCUT2D eigenvalue weighted by Gasteiger charge is 2.30. The van der Waals surface area contributed by atoms with Crippen LogP contribution in [0.4, 0.5) is 13.2 Å². The van der Waals surface area contributed by atoms with Gasteiger partial charge >= 0.3 is 6.18 Å². The van der Waals surface area contributed by atoms with E-state index in [0.29, 0.717) is 6.54 Å². The van der Waals surface area contributed by atoms with Gasteiger partial charge in [0.15, 0.2) is 0 Å². The Hall–Kier alpha value is -1.06. The lowest BCUT2D eigenvalue weighted by atomic mass is 10.4. The summed E-state index contributed by atoms with van der Waals surface area (Å²) in [5, 5.41) is 3.07. The molecule has 0 unspecified atom stereocenters. The molecule has 1 heterocycles. The molecule has 1 N–H and O–H groups in total. The minimum atomic E-state index is -4.38. The summed E-state index contributed by atoms with van der Waals surface area (Å²) in [6.45, 7) is 2.56. The Morgan fingerprint density at radius 1 is 1.38 bits per heavy atom. The molecule has 0 fully saturated rings. The van der Waals surface area contributed by atoms with Crippen LogP contribution in [0.1, 0.15) is 19.0 Å². The molecule has 0 aliphatic rings. The second-order valence-electron chi connectivity index (χ2n) is 4.75. The molecular formula is C12H20F3N3O2S. The Morgan fingerprint density at radius 2 is 2.00 bits per heavy atom. The third kappa shape index (κ3) is 5.01. The topological polar surface area (TPSA) is 54.3 Å². The van der Waals surface area contributed by atoms with E-state index in [0.717, 1.165) is 23.6 Å². The van der Waals surface area contributed by atoms with E-state index in [1.165, 1.54) is 12.3 Å². The molecule has 0 atom stereocenters. The maximum absolute atomic E-state index is 12.2. The second-order valence-corrected chi connectivity index (χ2v) is 6.80. The van der Waals surface area contributed by atoms with Crippen LogP contribution in [0.2, 0.25) is 0 Å². The number of hydrogen-bond donors (Lipinski definition) is 1. The number of nitrogens with one attached hydrogen (secondary N) is 1. The summed E-state index contributed by atoms with van der Waals surface area (Å²) in [6.07, 6.45) is -4.14. The molecule has 0 saturated heterocycles. The number of aryl methyl sites for hydroxylation is 1. The van der Waals surface area contributed by atoms with E-state index in [4.69, 9.17) is 0 Å². The summed E-state index contributed by atoms with van der Waals surface area (Å²) >= 11 is 0. The van der Waals surface area contributed by atoms with Crippen molar-refractivity contribution in [1.29, 1.82) is 0 Å². The van der Waals surface area contributed by atoms with E-state index >= 15 is 0 Å². The van der Waals surface area contributed by atoms with Crippen molar-refractivity contribution in [2.45, 2.75) is 31.0 Å². The van der Waals surface area contributed by atoms with Gasteiger partial charge in [-0.3, -0.25) is 0 Å². The van der Waals surface area contributed by atoms with E-state index < -0.39 is 29.2 Å². The molecule has 0 saturated carbocycles. The van der Waals surface area contributed by atoms with Crippen LogP contribution in [0.25, 0.3) is 0 Å². The van der Waals surface area contributed by atoms with Crippen molar-refractivity contribution in [3.63, 3.8) is 0 Å². The Labute approximate surface area is 122 Å².